The number of aromatic amines is 1. The molecule has 6 heteroatoms. The highest BCUT2D eigenvalue weighted by Gasteiger charge is 2.07. The van der Waals surface area contributed by atoms with Gasteiger partial charge in [-0.1, -0.05) is 18.2 Å². The van der Waals surface area contributed by atoms with Gasteiger partial charge in [0, 0.05) is 41.8 Å². The second kappa shape index (κ2) is 6.60. The number of H-pyrrole nitrogens is 1. The fourth-order valence-corrected chi connectivity index (χ4v) is 2.52. The molecule has 0 aliphatic heterocycles. The summed E-state index contributed by atoms with van der Waals surface area (Å²) in [6, 6.07) is 12.0. The second-order valence-corrected chi connectivity index (χ2v) is 5.55. The Balaban J connectivity index is 1.54. The van der Waals surface area contributed by atoms with Gasteiger partial charge >= 0.3 is 0 Å². The highest BCUT2D eigenvalue weighted by Crippen LogP contribution is 2.20. The molecule has 0 bridgehead atoms. The molecule has 0 atom stereocenters. The average Bonchev–Trinajstić information content (AvgIpc) is 3.11. The molecule has 0 saturated heterocycles. The van der Waals surface area contributed by atoms with Gasteiger partial charge in [0.25, 0.3) is 0 Å². The minimum Gasteiger partial charge on any atom is -0.342 e. The van der Waals surface area contributed by atoms with Gasteiger partial charge in [0.05, 0.1) is 11.9 Å². The molecule has 5 nitrogen and oxygen atoms in total. The number of aromatic nitrogens is 5. The zero-order chi connectivity index (χ0) is 17.1. The van der Waals surface area contributed by atoms with Crippen molar-refractivity contribution in [3.8, 4) is 22.6 Å². The first-order valence-corrected chi connectivity index (χ1v) is 7.80. The van der Waals surface area contributed by atoms with Crippen LogP contribution in [0.2, 0.25) is 0 Å². The number of imidazole rings is 1. The van der Waals surface area contributed by atoms with E-state index < -0.39 is 0 Å². The van der Waals surface area contributed by atoms with E-state index in [1.807, 2.05) is 18.2 Å². The third kappa shape index (κ3) is 3.42. The predicted octanol–water partition coefficient (Wildman–Crippen LogP) is 3.66. The Labute approximate surface area is 143 Å². The number of rotatable bonds is 4. The second-order valence-electron chi connectivity index (χ2n) is 5.55. The average molecular weight is 331 g/mol. The minimum atomic E-state index is -0.307. The summed E-state index contributed by atoms with van der Waals surface area (Å²) in [5.41, 5.74) is 3.24. The van der Waals surface area contributed by atoms with Gasteiger partial charge in [-0.25, -0.2) is 19.3 Å². The molecule has 4 aromatic rings. The first kappa shape index (κ1) is 15.1. The SMILES string of the molecule is Fc1cccc(-c2ncc(-c3cnc(Cc4ccccn4)[nH]3)cn2)c1. The molecule has 0 aliphatic carbocycles. The summed E-state index contributed by atoms with van der Waals surface area (Å²) < 4.78 is 13.3. The van der Waals surface area contributed by atoms with E-state index in [0.717, 1.165) is 22.8 Å². The van der Waals surface area contributed by atoms with Gasteiger partial charge in [-0.05, 0) is 24.3 Å². The van der Waals surface area contributed by atoms with Crippen molar-refractivity contribution in [1.29, 1.82) is 0 Å². The van der Waals surface area contributed by atoms with Crippen LogP contribution in [0.4, 0.5) is 4.39 Å². The summed E-state index contributed by atoms with van der Waals surface area (Å²) in [7, 11) is 0. The quantitative estimate of drug-likeness (QED) is 0.620. The molecule has 0 amide bonds. The minimum absolute atomic E-state index is 0.307. The first-order valence-electron chi connectivity index (χ1n) is 7.80. The van der Waals surface area contributed by atoms with Gasteiger partial charge in [-0.3, -0.25) is 4.98 Å². The molecule has 0 aliphatic rings. The van der Waals surface area contributed by atoms with Crippen molar-refractivity contribution in [3.63, 3.8) is 0 Å². The summed E-state index contributed by atoms with van der Waals surface area (Å²) in [5.74, 6) is 0.997. The number of nitrogens with one attached hydrogen (secondary N) is 1. The summed E-state index contributed by atoms with van der Waals surface area (Å²) in [6.07, 6.45) is 7.54. The van der Waals surface area contributed by atoms with Crippen LogP contribution in [0.1, 0.15) is 11.5 Å². The van der Waals surface area contributed by atoms with Crippen molar-refractivity contribution >= 4 is 0 Å². The van der Waals surface area contributed by atoms with Crippen LogP contribution < -0.4 is 0 Å². The number of nitrogens with zero attached hydrogens (tertiary/aromatic N) is 4. The number of pyridine rings is 1. The number of benzene rings is 1. The zero-order valence-electron chi connectivity index (χ0n) is 13.2. The molecule has 3 aromatic heterocycles. The fourth-order valence-electron chi connectivity index (χ4n) is 2.52. The van der Waals surface area contributed by atoms with Crippen molar-refractivity contribution in [3.05, 3.63) is 84.6 Å². The molecule has 4 rings (SSSR count). The summed E-state index contributed by atoms with van der Waals surface area (Å²) in [5, 5.41) is 0. The van der Waals surface area contributed by atoms with Crippen LogP contribution in [0.5, 0.6) is 0 Å². The van der Waals surface area contributed by atoms with Gasteiger partial charge in [0.15, 0.2) is 5.82 Å². The monoisotopic (exact) mass is 331 g/mol. The Hall–Kier alpha value is -3.41. The lowest BCUT2D eigenvalue weighted by atomic mass is 10.2. The van der Waals surface area contributed by atoms with Crippen molar-refractivity contribution in [2.45, 2.75) is 6.42 Å². The van der Waals surface area contributed by atoms with Crippen LogP contribution in [0.15, 0.2) is 67.3 Å². The molecule has 0 saturated carbocycles. The van der Waals surface area contributed by atoms with E-state index in [1.165, 1.54) is 12.1 Å². The van der Waals surface area contributed by atoms with E-state index in [4.69, 9.17) is 0 Å². The van der Waals surface area contributed by atoms with E-state index in [-0.39, 0.29) is 5.82 Å². The van der Waals surface area contributed by atoms with Crippen LogP contribution in [0, 0.1) is 5.82 Å². The van der Waals surface area contributed by atoms with Crippen LogP contribution in [-0.4, -0.2) is 24.9 Å². The van der Waals surface area contributed by atoms with Crippen LogP contribution in [0.25, 0.3) is 22.6 Å². The Bertz CT molecular complexity index is 980. The van der Waals surface area contributed by atoms with E-state index in [9.17, 15) is 4.39 Å². The smallest absolute Gasteiger partial charge is 0.159 e. The maximum atomic E-state index is 13.3. The number of halogens is 1. The summed E-state index contributed by atoms with van der Waals surface area (Å²) in [6.45, 7) is 0. The summed E-state index contributed by atoms with van der Waals surface area (Å²) >= 11 is 0. The highest BCUT2D eigenvalue weighted by molar-refractivity contribution is 5.60. The molecular formula is C19H14FN5. The Kier molecular flexibility index (Phi) is 4.00. The molecule has 0 radical (unpaired) electrons. The van der Waals surface area contributed by atoms with Gasteiger partial charge in [-0.2, -0.15) is 0 Å². The van der Waals surface area contributed by atoms with Crippen molar-refractivity contribution in [2.24, 2.45) is 0 Å². The van der Waals surface area contributed by atoms with E-state index in [2.05, 4.69) is 24.9 Å². The number of hydrogen-bond donors (Lipinski definition) is 1. The molecule has 25 heavy (non-hydrogen) atoms. The van der Waals surface area contributed by atoms with Crippen molar-refractivity contribution in [2.75, 3.05) is 0 Å². The largest absolute Gasteiger partial charge is 0.342 e. The standard InChI is InChI=1S/C19H14FN5/c20-15-5-3-4-13(8-15)19-23-10-14(11-24-19)17-12-22-18(25-17)9-16-6-1-2-7-21-16/h1-8,10-12H,9H2,(H,22,25). The zero-order valence-corrected chi connectivity index (χ0v) is 13.2. The Morgan fingerprint density at radius 3 is 2.48 bits per heavy atom. The third-order valence-electron chi connectivity index (χ3n) is 3.75. The predicted molar refractivity (Wildman–Crippen MR) is 92.1 cm³/mol. The molecule has 122 valence electrons. The highest BCUT2D eigenvalue weighted by atomic mass is 19.1. The Morgan fingerprint density at radius 2 is 1.72 bits per heavy atom. The molecule has 0 fully saturated rings. The first-order chi connectivity index (χ1) is 12.3. The van der Waals surface area contributed by atoms with E-state index >= 15 is 0 Å². The molecule has 0 unspecified atom stereocenters. The molecule has 0 spiro atoms. The maximum absolute atomic E-state index is 13.3. The lowest BCUT2D eigenvalue weighted by Gasteiger charge is -2.02. The van der Waals surface area contributed by atoms with Crippen LogP contribution >= 0.6 is 0 Å². The van der Waals surface area contributed by atoms with Crippen LogP contribution in [0.3, 0.4) is 0 Å². The van der Waals surface area contributed by atoms with E-state index in [0.29, 0.717) is 17.8 Å². The topological polar surface area (TPSA) is 67.3 Å². The molecule has 1 aromatic carbocycles. The summed E-state index contributed by atoms with van der Waals surface area (Å²) in [4.78, 5) is 20.6. The van der Waals surface area contributed by atoms with E-state index in [1.54, 1.807) is 36.9 Å². The molecular weight excluding hydrogens is 317 g/mol. The van der Waals surface area contributed by atoms with Crippen molar-refractivity contribution < 1.29 is 4.39 Å². The molecule has 1 N–H and O–H groups in total. The number of hydrogen-bond acceptors (Lipinski definition) is 4. The van der Waals surface area contributed by atoms with Gasteiger partial charge in [0.2, 0.25) is 0 Å². The maximum Gasteiger partial charge on any atom is 0.159 e. The third-order valence-corrected chi connectivity index (χ3v) is 3.75. The lowest BCUT2D eigenvalue weighted by molar-refractivity contribution is 0.628. The van der Waals surface area contributed by atoms with Crippen LogP contribution in [-0.2, 0) is 6.42 Å². The van der Waals surface area contributed by atoms with Gasteiger partial charge in [-0.15, -0.1) is 0 Å². The molecule has 3 heterocycles. The Morgan fingerprint density at radius 1 is 0.840 bits per heavy atom. The fraction of sp³-hybridized carbons (Fsp3) is 0.0526. The van der Waals surface area contributed by atoms with Gasteiger partial charge in [0.1, 0.15) is 11.6 Å². The van der Waals surface area contributed by atoms with Gasteiger partial charge < -0.3 is 4.98 Å². The lowest BCUT2D eigenvalue weighted by Crippen LogP contribution is -1.93. The normalized spacial score (nSPS) is 10.8. The van der Waals surface area contributed by atoms with Crippen molar-refractivity contribution in [1.82, 2.24) is 24.9 Å².